The molecule has 1 aliphatic rings. The predicted molar refractivity (Wildman–Crippen MR) is 83.3 cm³/mol. The lowest BCUT2D eigenvalue weighted by atomic mass is 9.91. The Morgan fingerprint density at radius 2 is 2.15 bits per heavy atom. The minimum atomic E-state index is -0.0231. The Bertz CT molecular complexity index is 490. The van der Waals surface area contributed by atoms with Gasteiger partial charge in [0.05, 0.1) is 10.7 Å². The highest BCUT2D eigenvalue weighted by atomic mass is 35.5. The summed E-state index contributed by atoms with van der Waals surface area (Å²) in [7, 11) is 3.48. The average molecular weight is 296 g/mol. The van der Waals surface area contributed by atoms with Crippen LogP contribution in [0.25, 0.3) is 0 Å². The molecule has 1 fully saturated rings. The maximum absolute atomic E-state index is 12.0. The van der Waals surface area contributed by atoms with Gasteiger partial charge in [-0.1, -0.05) is 11.6 Å². The van der Waals surface area contributed by atoms with Gasteiger partial charge in [-0.05, 0) is 43.9 Å². The average Bonchev–Trinajstić information content (AvgIpc) is 2.40. The lowest BCUT2D eigenvalue weighted by Gasteiger charge is -2.28. The monoisotopic (exact) mass is 295 g/mol. The number of benzene rings is 1. The summed E-state index contributed by atoms with van der Waals surface area (Å²) >= 11 is 6.22. The molecule has 0 heterocycles. The fourth-order valence-corrected chi connectivity index (χ4v) is 2.78. The fourth-order valence-electron chi connectivity index (χ4n) is 2.61. The molecule has 2 unspecified atom stereocenters. The van der Waals surface area contributed by atoms with Crippen molar-refractivity contribution in [2.45, 2.75) is 37.8 Å². The predicted octanol–water partition coefficient (Wildman–Crippen LogP) is 2.72. The van der Waals surface area contributed by atoms with Crippen LogP contribution < -0.4 is 11.1 Å². The summed E-state index contributed by atoms with van der Waals surface area (Å²) in [5.41, 5.74) is 7.46. The van der Waals surface area contributed by atoms with E-state index < -0.39 is 0 Å². The van der Waals surface area contributed by atoms with Crippen molar-refractivity contribution < 1.29 is 4.79 Å². The third kappa shape index (κ3) is 3.64. The number of anilines is 1. The molecule has 1 aliphatic carbocycles. The lowest BCUT2D eigenvalue weighted by Crippen LogP contribution is -2.35. The highest BCUT2D eigenvalue weighted by molar-refractivity contribution is 6.33. The second kappa shape index (κ2) is 6.46. The first-order valence-corrected chi connectivity index (χ1v) is 7.38. The molecule has 1 amide bonds. The van der Waals surface area contributed by atoms with Crippen LogP contribution in [-0.4, -0.2) is 37.0 Å². The van der Waals surface area contributed by atoms with Gasteiger partial charge < -0.3 is 16.0 Å². The maximum atomic E-state index is 12.0. The molecule has 0 aliphatic heterocycles. The molecular weight excluding hydrogens is 274 g/mol. The van der Waals surface area contributed by atoms with Gasteiger partial charge in [-0.3, -0.25) is 4.79 Å². The Morgan fingerprint density at radius 1 is 1.40 bits per heavy atom. The number of hydrogen-bond acceptors (Lipinski definition) is 3. The lowest BCUT2D eigenvalue weighted by molar-refractivity contribution is 0.0827. The number of amides is 1. The summed E-state index contributed by atoms with van der Waals surface area (Å²) in [5, 5.41) is 4.07. The largest absolute Gasteiger partial charge is 0.381 e. The maximum Gasteiger partial charge on any atom is 0.253 e. The molecule has 0 bridgehead atoms. The van der Waals surface area contributed by atoms with E-state index in [9.17, 15) is 4.79 Å². The van der Waals surface area contributed by atoms with Crippen LogP contribution >= 0.6 is 11.6 Å². The number of halogens is 1. The summed E-state index contributed by atoms with van der Waals surface area (Å²) in [6.07, 6.45) is 4.26. The van der Waals surface area contributed by atoms with Crippen LogP contribution in [0.1, 0.15) is 36.0 Å². The number of rotatable bonds is 3. The van der Waals surface area contributed by atoms with E-state index in [1.807, 2.05) is 6.07 Å². The van der Waals surface area contributed by atoms with Crippen molar-refractivity contribution in [3.63, 3.8) is 0 Å². The van der Waals surface area contributed by atoms with Crippen LogP contribution in [0.3, 0.4) is 0 Å². The molecule has 1 aromatic carbocycles. The summed E-state index contributed by atoms with van der Waals surface area (Å²) in [6.45, 7) is 0. The Morgan fingerprint density at radius 3 is 2.80 bits per heavy atom. The van der Waals surface area contributed by atoms with Crippen molar-refractivity contribution >= 4 is 23.2 Å². The quantitative estimate of drug-likeness (QED) is 0.901. The van der Waals surface area contributed by atoms with Gasteiger partial charge in [0.2, 0.25) is 0 Å². The van der Waals surface area contributed by atoms with Gasteiger partial charge in [0.25, 0.3) is 5.91 Å². The Hall–Kier alpha value is -1.26. The SMILES string of the molecule is CN(C)C(=O)c1ccc(Cl)c(NC2CCCC(N)C2)c1. The smallest absolute Gasteiger partial charge is 0.253 e. The van der Waals surface area contributed by atoms with E-state index in [1.165, 1.54) is 0 Å². The molecule has 110 valence electrons. The second-order valence-electron chi connectivity index (χ2n) is 5.66. The van der Waals surface area contributed by atoms with E-state index in [-0.39, 0.29) is 11.9 Å². The molecule has 0 radical (unpaired) electrons. The van der Waals surface area contributed by atoms with E-state index in [4.69, 9.17) is 17.3 Å². The van der Waals surface area contributed by atoms with Crippen molar-refractivity contribution in [2.75, 3.05) is 19.4 Å². The Balaban J connectivity index is 2.14. The zero-order valence-electron chi connectivity index (χ0n) is 12.0. The molecule has 0 spiro atoms. The molecular formula is C15H22ClN3O. The number of hydrogen-bond donors (Lipinski definition) is 2. The number of carbonyl (C=O) groups is 1. The Kier molecular flexibility index (Phi) is 4.89. The number of nitrogens with two attached hydrogens (primary N) is 1. The van der Waals surface area contributed by atoms with E-state index in [0.29, 0.717) is 16.6 Å². The van der Waals surface area contributed by atoms with Crippen LogP contribution in [-0.2, 0) is 0 Å². The van der Waals surface area contributed by atoms with Gasteiger partial charge in [-0.15, -0.1) is 0 Å². The van der Waals surface area contributed by atoms with Gasteiger partial charge in [-0.25, -0.2) is 0 Å². The highest BCUT2D eigenvalue weighted by Crippen LogP contribution is 2.27. The van der Waals surface area contributed by atoms with E-state index in [0.717, 1.165) is 31.4 Å². The zero-order chi connectivity index (χ0) is 14.7. The standard InChI is InChI=1S/C15H22ClN3O/c1-19(2)15(20)10-6-7-13(16)14(8-10)18-12-5-3-4-11(17)9-12/h6-8,11-12,18H,3-5,9,17H2,1-2H3. The van der Waals surface area contributed by atoms with Gasteiger partial charge in [0.1, 0.15) is 0 Å². The fraction of sp³-hybridized carbons (Fsp3) is 0.533. The van der Waals surface area contributed by atoms with Crippen LogP contribution in [0.2, 0.25) is 5.02 Å². The summed E-state index contributed by atoms with van der Waals surface area (Å²) < 4.78 is 0. The van der Waals surface area contributed by atoms with Gasteiger partial charge in [-0.2, -0.15) is 0 Å². The van der Waals surface area contributed by atoms with Crippen LogP contribution in [0.15, 0.2) is 18.2 Å². The normalized spacial score (nSPS) is 22.4. The van der Waals surface area contributed by atoms with E-state index in [2.05, 4.69) is 5.32 Å². The minimum Gasteiger partial charge on any atom is -0.381 e. The van der Waals surface area contributed by atoms with Gasteiger partial charge in [0, 0.05) is 31.7 Å². The molecule has 0 saturated heterocycles. The number of nitrogens with zero attached hydrogens (tertiary/aromatic N) is 1. The summed E-state index contributed by atoms with van der Waals surface area (Å²) in [6, 6.07) is 5.93. The van der Waals surface area contributed by atoms with Crippen molar-refractivity contribution in [1.29, 1.82) is 0 Å². The van der Waals surface area contributed by atoms with Crippen LogP contribution in [0.5, 0.6) is 0 Å². The number of nitrogens with one attached hydrogen (secondary N) is 1. The molecule has 4 nitrogen and oxygen atoms in total. The Labute approximate surface area is 125 Å². The first kappa shape index (κ1) is 15.1. The minimum absolute atomic E-state index is 0.0231. The zero-order valence-corrected chi connectivity index (χ0v) is 12.8. The highest BCUT2D eigenvalue weighted by Gasteiger charge is 2.20. The molecule has 1 saturated carbocycles. The summed E-state index contributed by atoms with van der Waals surface area (Å²) in [4.78, 5) is 13.5. The molecule has 2 atom stereocenters. The van der Waals surface area contributed by atoms with Crippen LogP contribution in [0, 0.1) is 0 Å². The molecule has 20 heavy (non-hydrogen) atoms. The first-order chi connectivity index (χ1) is 9.47. The van der Waals surface area contributed by atoms with Crippen LogP contribution in [0.4, 0.5) is 5.69 Å². The molecule has 3 N–H and O–H groups in total. The van der Waals surface area contributed by atoms with E-state index in [1.54, 1.807) is 31.1 Å². The summed E-state index contributed by atoms with van der Waals surface area (Å²) in [5.74, 6) is -0.0231. The topological polar surface area (TPSA) is 58.4 Å². The second-order valence-corrected chi connectivity index (χ2v) is 6.07. The third-order valence-corrected chi connectivity index (χ3v) is 4.02. The van der Waals surface area contributed by atoms with Crippen molar-refractivity contribution in [2.24, 2.45) is 5.73 Å². The molecule has 0 aromatic heterocycles. The molecule has 2 rings (SSSR count). The van der Waals surface area contributed by atoms with Gasteiger partial charge >= 0.3 is 0 Å². The van der Waals surface area contributed by atoms with Crippen molar-refractivity contribution in [3.05, 3.63) is 28.8 Å². The third-order valence-electron chi connectivity index (χ3n) is 3.69. The van der Waals surface area contributed by atoms with E-state index >= 15 is 0 Å². The van der Waals surface area contributed by atoms with Gasteiger partial charge in [0.15, 0.2) is 0 Å². The molecule has 5 heteroatoms. The first-order valence-electron chi connectivity index (χ1n) is 7.00. The molecule has 1 aromatic rings. The van der Waals surface area contributed by atoms with Crippen molar-refractivity contribution in [1.82, 2.24) is 4.90 Å². The number of carbonyl (C=O) groups excluding carboxylic acids is 1. The van der Waals surface area contributed by atoms with Crippen molar-refractivity contribution in [3.8, 4) is 0 Å².